The van der Waals surface area contributed by atoms with Crippen LogP contribution in [0.2, 0.25) is 0 Å². The first-order valence-corrected chi connectivity index (χ1v) is 4.82. The molecule has 0 saturated carbocycles. The van der Waals surface area contributed by atoms with Gasteiger partial charge in [0, 0.05) is 21.2 Å². The number of carbonyl (C=O) groups is 2. The molecule has 0 spiro atoms. The highest BCUT2D eigenvalue weighted by Gasteiger charge is 2.20. The molecule has 0 saturated heterocycles. The molecular formula is C9H14N4O4. The number of nitrogens with zero attached hydrogens (tertiary/aromatic N) is 4. The van der Waals surface area contributed by atoms with Crippen molar-refractivity contribution < 1.29 is 19.4 Å². The summed E-state index contributed by atoms with van der Waals surface area (Å²) in [5.41, 5.74) is 0.0774. The van der Waals surface area contributed by atoms with Gasteiger partial charge in [-0.3, -0.25) is 4.79 Å². The van der Waals surface area contributed by atoms with E-state index in [1.165, 1.54) is 16.7 Å². The van der Waals surface area contributed by atoms with Gasteiger partial charge >= 0.3 is 5.97 Å². The number of amides is 1. The molecule has 0 aliphatic heterocycles. The molecule has 0 radical (unpaired) electrons. The van der Waals surface area contributed by atoms with Crippen molar-refractivity contribution in [3.63, 3.8) is 0 Å². The summed E-state index contributed by atoms with van der Waals surface area (Å²) in [6, 6.07) is 0. The van der Waals surface area contributed by atoms with Crippen molar-refractivity contribution in [1.29, 1.82) is 0 Å². The highest BCUT2D eigenvalue weighted by Crippen LogP contribution is 2.07. The van der Waals surface area contributed by atoms with Gasteiger partial charge in [-0.25, -0.2) is 9.48 Å². The second-order valence-corrected chi connectivity index (χ2v) is 3.57. The summed E-state index contributed by atoms with van der Waals surface area (Å²) in [5.74, 6) is -1.40. The zero-order valence-corrected chi connectivity index (χ0v) is 9.88. The Morgan fingerprint density at radius 3 is 2.59 bits per heavy atom. The van der Waals surface area contributed by atoms with Crippen LogP contribution in [0.15, 0.2) is 0 Å². The molecule has 1 aromatic rings. The topological polar surface area (TPSA) is 97.5 Å². The van der Waals surface area contributed by atoms with Crippen molar-refractivity contribution in [2.75, 3.05) is 21.2 Å². The highest BCUT2D eigenvalue weighted by molar-refractivity contribution is 5.86. The molecule has 0 unspecified atom stereocenters. The van der Waals surface area contributed by atoms with Gasteiger partial charge in [-0.2, -0.15) is 0 Å². The number of methoxy groups -OCH3 is 1. The van der Waals surface area contributed by atoms with Crippen molar-refractivity contribution in [2.24, 2.45) is 0 Å². The van der Waals surface area contributed by atoms with Crippen LogP contribution in [0, 0.1) is 0 Å². The molecule has 0 fully saturated rings. The number of hydrogen-bond acceptors (Lipinski definition) is 5. The fourth-order valence-electron chi connectivity index (χ4n) is 1.18. The number of hydrogen-bond donors (Lipinski definition) is 1. The summed E-state index contributed by atoms with van der Waals surface area (Å²) in [7, 11) is 4.64. The van der Waals surface area contributed by atoms with Crippen LogP contribution in [0.4, 0.5) is 0 Å². The average Bonchev–Trinajstić information content (AvgIpc) is 2.62. The summed E-state index contributed by atoms with van der Waals surface area (Å²) >= 11 is 0. The lowest BCUT2D eigenvalue weighted by molar-refractivity contribution is -0.129. The minimum absolute atomic E-state index is 0.0370. The van der Waals surface area contributed by atoms with Crippen LogP contribution in [-0.4, -0.2) is 58.1 Å². The molecule has 17 heavy (non-hydrogen) atoms. The lowest BCUT2D eigenvalue weighted by Crippen LogP contribution is -2.27. The van der Waals surface area contributed by atoms with Crippen LogP contribution in [0.25, 0.3) is 0 Å². The average molecular weight is 242 g/mol. The van der Waals surface area contributed by atoms with Crippen LogP contribution in [0.1, 0.15) is 16.2 Å². The largest absolute Gasteiger partial charge is 0.476 e. The maximum Gasteiger partial charge on any atom is 0.358 e. The van der Waals surface area contributed by atoms with E-state index in [9.17, 15) is 9.59 Å². The second-order valence-electron chi connectivity index (χ2n) is 3.57. The monoisotopic (exact) mass is 242 g/mol. The van der Waals surface area contributed by atoms with Gasteiger partial charge in [0.2, 0.25) is 5.91 Å². The Labute approximate surface area is 97.8 Å². The van der Waals surface area contributed by atoms with E-state index < -0.39 is 5.97 Å². The molecule has 1 aromatic heterocycles. The predicted molar refractivity (Wildman–Crippen MR) is 56.4 cm³/mol. The first kappa shape index (κ1) is 13.1. The Balaban J connectivity index is 2.99. The maximum absolute atomic E-state index is 11.5. The third-order valence-electron chi connectivity index (χ3n) is 2.11. The summed E-state index contributed by atoms with van der Waals surface area (Å²) in [5, 5.41) is 16.0. The van der Waals surface area contributed by atoms with Gasteiger partial charge in [-0.05, 0) is 0 Å². The molecule has 1 amide bonds. The van der Waals surface area contributed by atoms with Crippen molar-refractivity contribution in [3.05, 3.63) is 11.4 Å². The molecule has 8 heteroatoms. The molecular weight excluding hydrogens is 228 g/mol. The first-order valence-electron chi connectivity index (χ1n) is 4.82. The van der Waals surface area contributed by atoms with Crippen LogP contribution < -0.4 is 0 Å². The van der Waals surface area contributed by atoms with Crippen molar-refractivity contribution in [1.82, 2.24) is 19.9 Å². The molecule has 0 aliphatic rings. The van der Waals surface area contributed by atoms with E-state index in [-0.39, 0.29) is 30.4 Å². The van der Waals surface area contributed by atoms with Gasteiger partial charge in [0.05, 0.1) is 12.3 Å². The number of aromatic carboxylic acids is 1. The normalized spacial score (nSPS) is 10.3. The SMILES string of the molecule is COCc1c(C(=O)O)nnn1CC(=O)N(C)C. The van der Waals surface area contributed by atoms with Crippen molar-refractivity contribution in [2.45, 2.75) is 13.2 Å². The lowest BCUT2D eigenvalue weighted by atomic mass is 10.3. The Kier molecular flexibility index (Phi) is 4.16. The predicted octanol–water partition coefficient (Wildman–Crippen LogP) is -0.789. The Morgan fingerprint density at radius 1 is 1.47 bits per heavy atom. The van der Waals surface area contributed by atoms with Gasteiger partial charge in [0.25, 0.3) is 0 Å². The zero-order chi connectivity index (χ0) is 13.0. The number of likely N-dealkylation sites (N-methyl/N-ethyl adjacent to an activating group) is 1. The van der Waals surface area contributed by atoms with Crippen LogP contribution in [0.5, 0.6) is 0 Å². The molecule has 0 aromatic carbocycles. The number of carboxylic acid groups (broad SMARTS) is 1. The van der Waals surface area contributed by atoms with Gasteiger partial charge in [0.1, 0.15) is 6.54 Å². The molecule has 8 nitrogen and oxygen atoms in total. The van der Waals surface area contributed by atoms with E-state index in [0.29, 0.717) is 0 Å². The molecule has 0 aliphatic carbocycles. The minimum Gasteiger partial charge on any atom is -0.476 e. The summed E-state index contributed by atoms with van der Waals surface area (Å²) in [6.07, 6.45) is 0. The summed E-state index contributed by atoms with van der Waals surface area (Å²) in [6.45, 7) is -0.0265. The Bertz CT molecular complexity index is 427. The maximum atomic E-state index is 11.5. The second kappa shape index (κ2) is 5.39. The number of carboxylic acids is 1. The molecule has 0 atom stereocenters. The molecule has 1 N–H and O–H groups in total. The number of aromatic nitrogens is 3. The third kappa shape index (κ3) is 3.00. The van der Waals surface area contributed by atoms with E-state index in [1.54, 1.807) is 14.1 Å². The van der Waals surface area contributed by atoms with Gasteiger partial charge < -0.3 is 14.7 Å². The van der Waals surface area contributed by atoms with E-state index in [1.807, 2.05) is 0 Å². The quantitative estimate of drug-likeness (QED) is 0.726. The standard InChI is InChI=1S/C9H14N4O4/c1-12(2)7(14)4-13-6(5-17-3)8(9(15)16)10-11-13/h4-5H2,1-3H3,(H,15,16). The Morgan fingerprint density at radius 2 is 2.12 bits per heavy atom. The first-order chi connectivity index (χ1) is 7.97. The van der Waals surface area contributed by atoms with E-state index in [4.69, 9.17) is 9.84 Å². The third-order valence-corrected chi connectivity index (χ3v) is 2.11. The van der Waals surface area contributed by atoms with E-state index in [0.717, 1.165) is 0 Å². The molecule has 0 bridgehead atoms. The number of ether oxygens (including phenoxy) is 1. The number of rotatable bonds is 5. The Hall–Kier alpha value is -1.96. The highest BCUT2D eigenvalue weighted by atomic mass is 16.5. The fourth-order valence-corrected chi connectivity index (χ4v) is 1.18. The van der Waals surface area contributed by atoms with E-state index >= 15 is 0 Å². The van der Waals surface area contributed by atoms with Gasteiger partial charge in [-0.15, -0.1) is 5.10 Å². The van der Waals surface area contributed by atoms with Gasteiger partial charge in [-0.1, -0.05) is 5.21 Å². The molecule has 1 heterocycles. The van der Waals surface area contributed by atoms with Crippen LogP contribution in [-0.2, 0) is 22.7 Å². The van der Waals surface area contributed by atoms with E-state index in [2.05, 4.69) is 10.3 Å². The van der Waals surface area contributed by atoms with Crippen molar-refractivity contribution in [3.8, 4) is 0 Å². The summed E-state index contributed by atoms with van der Waals surface area (Å²) in [4.78, 5) is 23.7. The number of carbonyl (C=O) groups excluding carboxylic acids is 1. The molecule has 94 valence electrons. The van der Waals surface area contributed by atoms with Crippen LogP contribution in [0.3, 0.4) is 0 Å². The smallest absolute Gasteiger partial charge is 0.358 e. The minimum atomic E-state index is -1.19. The molecule has 1 rings (SSSR count). The van der Waals surface area contributed by atoms with Crippen LogP contribution >= 0.6 is 0 Å². The summed E-state index contributed by atoms with van der Waals surface area (Å²) < 4.78 is 6.10. The fraction of sp³-hybridized carbons (Fsp3) is 0.556. The zero-order valence-electron chi connectivity index (χ0n) is 9.88. The lowest BCUT2D eigenvalue weighted by Gasteiger charge is -2.11. The van der Waals surface area contributed by atoms with Gasteiger partial charge in [0.15, 0.2) is 5.69 Å². The van der Waals surface area contributed by atoms with Crippen molar-refractivity contribution >= 4 is 11.9 Å².